The van der Waals surface area contributed by atoms with Gasteiger partial charge in [0.05, 0.1) is 19.4 Å². The molecule has 1 aromatic heterocycles. The van der Waals surface area contributed by atoms with Gasteiger partial charge in [-0.1, -0.05) is 42.5 Å². The number of rotatable bonds is 9. The monoisotopic (exact) mass is 390 g/mol. The van der Waals surface area contributed by atoms with E-state index in [0.29, 0.717) is 18.9 Å². The first kappa shape index (κ1) is 20.1. The second-order valence-corrected chi connectivity index (χ2v) is 6.28. The summed E-state index contributed by atoms with van der Waals surface area (Å²) in [5, 5.41) is 5.33. The maximum Gasteiger partial charge on any atom is 0.244 e. The SMILES string of the molecule is O=C(/C=C/c1ccccc1)NCC(=O)Nc1cccc(COCc2ccco2)c1. The number of benzene rings is 2. The van der Waals surface area contributed by atoms with E-state index >= 15 is 0 Å². The molecule has 2 aromatic carbocycles. The van der Waals surface area contributed by atoms with E-state index in [4.69, 9.17) is 9.15 Å². The van der Waals surface area contributed by atoms with Crippen LogP contribution in [0.25, 0.3) is 6.08 Å². The second kappa shape index (κ2) is 10.6. The first-order chi connectivity index (χ1) is 14.2. The molecule has 0 spiro atoms. The summed E-state index contributed by atoms with van der Waals surface area (Å²) >= 11 is 0. The number of carbonyl (C=O) groups is 2. The largest absolute Gasteiger partial charge is 0.467 e. The van der Waals surface area contributed by atoms with E-state index in [9.17, 15) is 9.59 Å². The van der Waals surface area contributed by atoms with Gasteiger partial charge < -0.3 is 19.8 Å². The van der Waals surface area contributed by atoms with Gasteiger partial charge in [0.2, 0.25) is 11.8 Å². The highest BCUT2D eigenvalue weighted by atomic mass is 16.5. The molecular formula is C23H22N2O4. The predicted octanol–water partition coefficient (Wildman–Crippen LogP) is 3.76. The van der Waals surface area contributed by atoms with Crippen LogP contribution in [0, 0.1) is 0 Å². The molecule has 2 amide bonds. The minimum atomic E-state index is -0.330. The maximum atomic E-state index is 12.1. The number of anilines is 1. The van der Waals surface area contributed by atoms with Crippen LogP contribution in [0.4, 0.5) is 5.69 Å². The smallest absolute Gasteiger partial charge is 0.244 e. The third kappa shape index (κ3) is 7.12. The van der Waals surface area contributed by atoms with Crippen molar-refractivity contribution in [2.75, 3.05) is 11.9 Å². The number of nitrogens with one attached hydrogen (secondary N) is 2. The molecule has 0 atom stereocenters. The molecule has 3 rings (SSSR count). The lowest BCUT2D eigenvalue weighted by atomic mass is 10.2. The van der Waals surface area contributed by atoms with E-state index in [2.05, 4.69) is 10.6 Å². The summed E-state index contributed by atoms with van der Waals surface area (Å²) in [7, 11) is 0. The Labute approximate surface area is 169 Å². The van der Waals surface area contributed by atoms with Crippen molar-refractivity contribution in [2.24, 2.45) is 0 Å². The fraction of sp³-hybridized carbons (Fsp3) is 0.130. The highest BCUT2D eigenvalue weighted by Gasteiger charge is 2.05. The summed E-state index contributed by atoms with van der Waals surface area (Å²) in [5.74, 6) is 0.121. The zero-order valence-electron chi connectivity index (χ0n) is 15.8. The van der Waals surface area contributed by atoms with Crippen LogP contribution in [0.2, 0.25) is 0 Å². The minimum absolute atomic E-state index is 0.114. The van der Waals surface area contributed by atoms with Crippen molar-refractivity contribution < 1.29 is 18.7 Å². The average molecular weight is 390 g/mol. The molecular weight excluding hydrogens is 368 g/mol. The minimum Gasteiger partial charge on any atom is -0.467 e. The van der Waals surface area contributed by atoms with Gasteiger partial charge in [-0.05, 0) is 41.5 Å². The molecule has 0 aliphatic rings. The van der Waals surface area contributed by atoms with Crippen LogP contribution in [-0.4, -0.2) is 18.4 Å². The quantitative estimate of drug-likeness (QED) is 0.545. The van der Waals surface area contributed by atoms with Crippen LogP contribution >= 0.6 is 0 Å². The number of hydrogen-bond donors (Lipinski definition) is 2. The summed E-state index contributed by atoms with van der Waals surface area (Å²) in [6, 6.07) is 20.5. The Morgan fingerprint density at radius 2 is 1.83 bits per heavy atom. The van der Waals surface area contributed by atoms with Crippen molar-refractivity contribution >= 4 is 23.6 Å². The summed E-state index contributed by atoms with van der Waals surface area (Å²) < 4.78 is 10.8. The van der Waals surface area contributed by atoms with Crippen molar-refractivity contribution in [1.82, 2.24) is 5.32 Å². The molecule has 0 saturated carbocycles. The van der Waals surface area contributed by atoms with Crippen molar-refractivity contribution in [3.8, 4) is 0 Å². The van der Waals surface area contributed by atoms with Crippen LogP contribution < -0.4 is 10.6 Å². The van der Waals surface area contributed by atoms with Crippen LogP contribution in [0.3, 0.4) is 0 Å². The van der Waals surface area contributed by atoms with Crippen LogP contribution in [0.1, 0.15) is 16.9 Å². The van der Waals surface area contributed by atoms with E-state index in [1.807, 2.05) is 60.7 Å². The number of amides is 2. The van der Waals surface area contributed by atoms with Gasteiger partial charge in [-0.15, -0.1) is 0 Å². The predicted molar refractivity (Wildman–Crippen MR) is 111 cm³/mol. The van der Waals surface area contributed by atoms with Gasteiger partial charge in [-0.2, -0.15) is 0 Å². The van der Waals surface area contributed by atoms with E-state index in [1.165, 1.54) is 6.08 Å². The highest BCUT2D eigenvalue weighted by molar-refractivity contribution is 5.98. The van der Waals surface area contributed by atoms with Gasteiger partial charge in [-0.25, -0.2) is 0 Å². The van der Waals surface area contributed by atoms with Crippen molar-refractivity contribution in [3.63, 3.8) is 0 Å². The highest BCUT2D eigenvalue weighted by Crippen LogP contribution is 2.12. The van der Waals surface area contributed by atoms with Gasteiger partial charge in [0.1, 0.15) is 12.4 Å². The third-order valence-electron chi connectivity index (χ3n) is 3.95. The van der Waals surface area contributed by atoms with Crippen molar-refractivity contribution in [3.05, 3.63) is 96.0 Å². The Hall–Kier alpha value is -3.64. The Kier molecular flexibility index (Phi) is 7.37. The molecule has 0 radical (unpaired) electrons. The molecule has 6 nitrogen and oxygen atoms in total. The molecule has 2 N–H and O–H groups in total. The van der Waals surface area contributed by atoms with E-state index < -0.39 is 0 Å². The first-order valence-corrected chi connectivity index (χ1v) is 9.19. The number of carbonyl (C=O) groups excluding carboxylic acids is 2. The molecule has 3 aromatic rings. The van der Waals surface area contributed by atoms with Crippen LogP contribution in [0.15, 0.2) is 83.5 Å². The van der Waals surface area contributed by atoms with E-state index in [-0.39, 0.29) is 18.4 Å². The second-order valence-electron chi connectivity index (χ2n) is 6.28. The number of hydrogen-bond acceptors (Lipinski definition) is 4. The molecule has 6 heteroatoms. The Balaban J connectivity index is 1.41. The topological polar surface area (TPSA) is 80.6 Å². The van der Waals surface area contributed by atoms with E-state index in [1.54, 1.807) is 18.4 Å². The molecule has 0 bridgehead atoms. The molecule has 0 aliphatic carbocycles. The molecule has 0 unspecified atom stereocenters. The number of ether oxygens (including phenoxy) is 1. The average Bonchev–Trinajstić information content (AvgIpc) is 3.25. The molecule has 1 heterocycles. The lowest BCUT2D eigenvalue weighted by Crippen LogP contribution is -2.31. The molecule has 29 heavy (non-hydrogen) atoms. The molecule has 0 fully saturated rings. The summed E-state index contributed by atoms with van der Waals surface area (Å²) in [6.07, 6.45) is 4.70. The van der Waals surface area contributed by atoms with Gasteiger partial charge >= 0.3 is 0 Å². The van der Waals surface area contributed by atoms with Crippen molar-refractivity contribution in [1.29, 1.82) is 0 Å². The maximum absolute atomic E-state index is 12.1. The zero-order chi connectivity index (χ0) is 20.3. The molecule has 148 valence electrons. The van der Waals surface area contributed by atoms with Gasteiger partial charge in [0.25, 0.3) is 0 Å². The van der Waals surface area contributed by atoms with Gasteiger partial charge in [-0.3, -0.25) is 9.59 Å². The normalized spacial score (nSPS) is 10.8. The summed E-state index contributed by atoms with van der Waals surface area (Å²) in [5.41, 5.74) is 2.48. The van der Waals surface area contributed by atoms with Crippen LogP contribution in [-0.2, 0) is 27.5 Å². The van der Waals surface area contributed by atoms with Crippen molar-refractivity contribution in [2.45, 2.75) is 13.2 Å². The molecule has 0 saturated heterocycles. The molecule has 0 aliphatic heterocycles. The van der Waals surface area contributed by atoms with Crippen LogP contribution in [0.5, 0.6) is 0 Å². The van der Waals surface area contributed by atoms with Gasteiger partial charge in [0, 0.05) is 11.8 Å². The Morgan fingerprint density at radius 3 is 2.62 bits per heavy atom. The summed E-state index contributed by atoms with van der Waals surface area (Å²) in [4.78, 5) is 23.9. The number of furan rings is 1. The fourth-order valence-electron chi connectivity index (χ4n) is 2.57. The third-order valence-corrected chi connectivity index (χ3v) is 3.95. The first-order valence-electron chi connectivity index (χ1n) is 9.19. The lowest BCUT2D eigenvalue weighted by Gasteiger charge is -2.08. The lowest BCUT2D eigenvalue weighted by molar-refractivity contribution is -0.121. The van der Waals surface area contributed by atoms with Gasteiger partial charge in [0.15, 0.2) is 0 Å². The Morgan fingerprint density at radius 1 is 0.966 bits per heavy atom. The summed E-state index contributed by atoms with van der Waals surface area (Å²) in [6.45, 7) is 0.661. The Bertz CT molecular complexity index is 950. The van der Waals surface area contributed by atoms with E-state index in [0.717, 1.165) is 16.9 Å². The zero-order valence-corrected chi connectivity index (χ0v) is 15.8. The fourth-order valence-corrected chi connectivity index (χ4v) is 2.57. The standard InChI is InChI=1S/C23H22N2O4/c26-22(12-11-18-6-2-1-3-7-18)24-15-23(27)25-20-9-4-8-19(14-20)16-28-17-21-10-5-13-29-21/h1-14H,15-17H2,(H,24,26)(H,25,27)/b12-11+.